The molecule has 1 aromatic rings. The number of carbonyl (C=O) groups is 1. The lowest BCUT2D eigenvalue weighted by molar-refractivity contribution is -0.0109. The van der Waals surface area contributed by atoms with Crippen LogP contribution in [0.2, 0.25) is 5.02 Å². The predicted octanol–water partition coefficient (Wildman–Crippen LogP) is 2.78. The first kappa shape index (κ1) is 14.0. The van der Waals surface area contributed by atoms with Crippen LogP contribution in [0.25, 0.3) is 0 Å². The molecule has 0 aromatic heterocycles. The number of carbonyl (C=O) groups excluding carboxylic acids is 1. The Morgan fingerprint density at radius 3 is 3.05 bits per heavy atom. The molecule has 1 heterocycles. The van der Waals surface area contributed by atoms with Crippen molar-refractivity contribution < 1.29 is 14.3 Å². The number of amides is 2. The molecule has 1 aromatic carbocycles. The van der Waals surface area contributed by atoms with Gasteiger partial charge in [0.15, 0.2) is 0 Å². The normalized spacial score (nSPS) is 18.9. The molecule has 2 rings (SSSR count). The van der Waals surface area contributed by atoms with Crippen LogP contribution in [0, 0.1) is 0 Å². The fourth-order valence-electron chi connectivity index (χ4n) is 1.98. The Morgan fingerprint density at radius 2 is 2.37 bits per heavy atom. The van der Waals surface area contributed by atoms with Gasteiger partial charge < -0.3 is 20.5 Å². The number of halogens is 1. The SMILES string of the molecule is NC(=O)Nc1cc(Cl)ccc1OC[C@@H]1CCCCO1. The van der Waals surface area contributed by atoms with E-state index in [2.05, 4.69) is 5.32 Å². The second kappa shape index (κ2) is 6.63. The smallest absolute Gasteiger partial charge is 0.316 e. The Hall–Kier alpha value is -1.46. The van der Waals surface area contributed by atoms with Crippen LogP contribution in [-0.4, -0.2) is 25.3 Å². The first-order valence-electron chi connectivity index (χ1n) is 6.25. The Bertz CT molecular complexity index is 448. The van der Waals surface area contributed by atoms with Gasteiger partial charge in [0, 0.05) is 11.6 Å². The highest BCUT2D eigenvalue weighted by Gasteiger charge is 2.15. The third-order valence-corrected chi connectivity index (χ3v) is 3.13. The van der Waals surface area contributed by atoms with Crippen LogP contribution in [0.5, 0.6) is 5.75 Å². The van der Waals surface area contributed by atoms with Gasteiger partial charge in [0.25, 0.3) is 0 Å². The van der Waals surface area contributed by atoms with E-state index in [1.165, 1.54) is 0 Å². The highest BCUT2D eigenvalue weighted by Crippen LogP contribution is 2.28. The van der Waals surface area contributed by atoms with Crippen molar-refractivity contribution in [3.05, 3.63) is 23.2 Å². The van der Waals surface area contributed by atoms with Gasteiger partial charge >= 0.3 is 6.03 Å². The minimum Gasteiger partial charge on any atom is -0.489 e. The van der Waals surface area contributed by atoms with Crippen LogP contribution < -0.4 is 15.8 Å². The number of hydrogen-bond donors (Lipinski definition) is 2. The van der Waals surface area contributed by atoms with Crippen molar-refractivity contribution in [2.24, 2.45) is 5.73 Å². The zero-order chi connectivity index (χ0) is 13.7. The summed E-state index contributed by atoms with van der Waals surface area (Å²) in [7, 11) is 0. The fraction of sp³-hybridized carbons (Fsp3) is 0.462. The van der Waals surface area contributed by atoms with Gasteiger partial charge in [0.05, 0.1) is 11.8 Å². The van der Waals surface area contributed by atoms with Crippen LogP contribution in [0.15, 0.2) is 18.2 Å². The van der Waals surface area contributed by atoms with E-state index in [1.54, 1.807) is 18.2 Å². The Kier molecular flexibility index (Phi) is 4.87. The first-order chi connectivity index (χ1) is 9.15. The molecule has 1 aliphatic heterocycles. The maximum atomic E-state index is 10.9. The minimum absolute atomic E-state index is 0.103. The summed E-state index contributed by atoms with van der Waals surface area (Å²) in [5.74, 6) is 0.539. The number of anilines is 1. The van der Waals surface area contributed by atoms with E-state index in [0.29, 0.717) is 23.1 Å². The molecule has 6 heteroatoms. The summed E-state index contributed by atoms with van der Waals surface area (Å²) in [4.78, 5) is 10.9. The number of nitrogens with one attached hydrogen (secondary N) is 1. The summed E-state index contributed by atoms with van der Waals surface area (Å²) in [6, 6.07) is 4.35. The monoisotopic (exact) mass is 284 g/mol. The topological polar surface area (TPSA) is 73.6 Å². The van der Waals surface area contributed by atoms with Crippen LogP contribution >= 0.6 is 11.6 Å². The Morgan fingerprint density at radius 1 is 1.53 bits per heavy atom. The second-order valence-electron chi connectivity index (χ2n) is 4.43. The van der Waals surface area contributed by atoms with Crippen LogP contribution in [0.1, 0.15) is 19.3 Å². The molecule has 0 radical (unpaired) electrons. The Balaban J connectivity index is 1.99. The summed E-state index contributed by atoms with van der Waals surface area (Å²) in [5, 5.41) is 3.00. The van der Waals surface area contributed by atoms with Gasteiger partial charge in [-0.25, -0.2) is 4.79 Å². The number of ether oxygens (including phenoxy) is 2. The average molecular weight is 285 g/mol. The summed E-state index contributed by atoms with van der Waals surface area (Å²) >= 11 is 5.88. The van der Waals surface area contributed by atoms with E-state index < -0.39 is 6.03 Å². The van der Waals surface area contributed by atoms with Crippen molar-refractivity contribution in [1.29, 1.82) is 0 Å². The lowest BCUT2D eigenvalue weighted by Gasteiger charge is -2.23. The van der Waals surface area contributed by atoms with Gasteiger partial charge in [-0.05, 0) is 37.5 Å². The summed E-state index contributed by atoms with van der Waals surface area (Å²) in [6.07, 6.45) is 3.35. The maximum absolute atomic E-state index is 10.9. The molecule has 19 heavy (non-hydrogen) atoms. The largest absolute Gasteiger partial charge is 0.489 e. The molecule has 0 spiro atoms. The van der Waals surface area contributed by atoms with Gasteiger partial charge in [-0.3, -0.25) is 0 Å². The van der Waals surface area contributed by atoms with Crippen LogP contribution in [-0.2, 0) is 4.74 Å². The zero-order valence-corrected chi connectivity index (χ0v) is 11.3. The molecule has 0 unspecified atom stereocenters. The van der Waals surface area contributed by atoms with Gasteiger partial charge in [-0.2, -0.15) is 0 Å². The molecule has 1 aliphatic rings. The number of nitrogens with two attached hydrogens (primary N) is 1. The van der Waals surface area contributed by atoms with Crippen molar-refractivity contribution in [2.75, 3.05) is 18.5 Å². The Labute approximate surface area is 117 Å². The maximum Gasteiger partial charge on any atom is 0.316 e. The first-order valence-corrected chi connectivity index (χ1v) is 6.63. The quantitative estimate of drug-likeness (QED) is 0.893. The van der Waals surface area contributed by atoms with Gasteiger partial charge in [0.2, 0.25) is 0 Å². The van der Waals surface area contributed by atoms with E-state index in [-0.39, 0.29) is 6.10 Å². The standard InChI is InChI=1S/C13H17ClN2O3/c14-9-4-5-12(11(7-9)16-13(15)17)19-8-10-3-1-2-6-18-10/h4-5,7,10H,1-3,6,8H2,(H3,15,16,17)/t10-/m0/s1. The molecule has 104 valence electrons. The number of benzene rings is 1. The second-order valence-corrected chi connectivity index (χ2v) is 4.87. The third kappa shape index (κ3) is 4.29. The fourth-order valence-corrected chi connectivity index (χ4v) is 2.15. The molecule has 0 saturated carbocycles. The molecular weight excluding hydrogens is 268 g/mol. The molecule has 3 N–H and O–H groups in total. The molecule has 1 saturated heterocycles. The molecule has 0 bridgehead atoms. The minimum atomic E-state index is -0.652. The molecule has 2 amide bonds. The van der Waals surface area contributed by atoms with Crippen molar-refractivity contribution in [3.8, 4) is 5.75 Å². The van der Waals surface area contributed by atoms with E-state index in [4.69, 9.17) is 26.8 Å². The van der Waals surface area contributed by atoms with E-state index in [0.717, 1.165) is 25.9 Å². The number of rotatable bonds is 4. The zero-order valence-electron chi connectivity index (χ0n) is 10.5. The van der Waals surface area contributed by atoms with Gasteiger partial charge in [-0.15, -0.1) is 0 Å². The predicted molar refractivity (Wildman–Crippen MR) is 73.7 cm³/mol. The van der Waals surface area contributed by atoms with Gasteiger partial charge in [0.1, 0.15) is 12.4 Å². The summed E-state index contributed by atoms with van der Waals surface area (Å²) in [5.41, 5.74) is 5.58. The average Bonchev–Trinajstić information content (AvgIpc) is 2.38. The van der Waals surface area contributed by atoms with Crippen molar-refractivity contribution in [2.45, 2.75) is 25.4 Å². The van der Waals surface area contributed by atoms with Crippen molar-refractivity contribution >= 4 is 23.3 Å². The molecular formula is C13H17ClN2O3. The molecule has 1 atom stereocenters. The molecule has 5 nitrogen and oxygen atoms in total. The van der Waals surface area contributed by atoms with Gasteiger partial charge in [-0.1, -0.05) is 11.6 Å². The lowest BCUT2D eigenvalue weighted by atomic mass is 10.1. The lowest BCUT2D eigenvalue weighted by Crippen LogP contribution is -2.26. The number of urea groups is 1. The number of primary amides is 1. The third-order valence-electron chi connectivity index (χ3n) is 2.90. The van der Waals surface area contributed by atoms with E-state index in [9.17, 15) is 4.79 Å². The molecule has 1 fully saturated rings. The van der Waals surface area contributed by atoms with E-state index >= 15 is 0 Å². The highest BCUT2D eigenvalue weighted by molar-refractivity contribution is 6.31. The van der Waals surface area contributed by atoms with Crippen molar-refractivity contribution in [3.63, 3.8) is 0 Å². The molecule has 0 aliphatic carbocycles. The van der Waals surface area contributed by atoms with Crippen LogP contribution in [0.4, 0.5) is 10.5 Å². The number of hydrogen-bond acceptors (Lipinski definition) is 3. The van der Waals surface area contributed by atoms with E-state index in [1.807, 2.05) is 0 Å². The highest BCUT2D eigenvalue weighted by atomic mass is 35.5. The van der Waals surface area contributed by atoms with Crippen molar-refractivity contribution in [1.82, 2.24) is 0 Å². The summed E-state index contributed by atoms with van der Waals surface area (Å²) in [6.45, 7) is 1.23. The summed E-state index contributed by atoms with van der Waals surface area (Å²) < 4.78 is 11.3. The van der Waals surface area contributed by atoms with Crippen LogP contribution in [0.3, 0.4) is 0 Å².